The molecule has 0 spiro atoms. The van der Waals surface area contributed by atoms with Crippen molar-refractivity contribution in [3.8, 4) is 0 Å². The summed E-state index contributed by atoms with van der Waals surface area (Å²) in [6.07, 6.45) is 0. The highest BCUT2D eigenvalue weighted by Crippen LogP contribution is 1.95. The van der Waals surface area contributed by atoms with Crippen molar-refractivity contribution in [2.24, 2.45) is 0 Å². The molecule has 2 heteroatoms. The van der Waals surface area contributed by atoms with Crippen molar-refractivity contribution >= 4 is 12.4 Å². The highest BCUT2D eigenvalue weighted by molar-refractivity contribution is 5.85. The molecule has 0 radical (unpaired) electrons. The van der Waals surface area contributed by atoms with Crippen LogP contribution in [0.1, 0.15) is 11.4 Å². The molecular formula is C6H10ClN. The van der Waals surface area contributed by atoms with Crippen LogP contribution in [0, 0.1) is 13.8 Å². The van der Waals surface area contributed by atoms with E-state index in [9.17, 15) is 0 Å². The first kappa shape index (κ1) is 7.57. The number of rotatable bonds is 0. The Morgan fingerprint density at radius 1 is 1.12 bits per heavy atom. The van der Waals surface area contributed by atoms with Gasteiger partial charge in [-0.1, -0.05) is 0 Å². The lowest BCUT2D eigenvalue weighted by Gasteiger charge is -1.77. The second-order valence-electron chi connectivity index (χ2n) is 1.82. The van der Waals surface area contributed by atoms with Gasteiger partial charge in [-0.25, -0.2) is 0 Å². The largest absolute Gasteiger partial charge is 0.363 e. The van der Waals surface area contributed by atoms with E-state index in [0.717, 1.165) is 0 Å². The van der Waals surface area contributed by atoms with Gasteiger partial charge >= 0.3 is 0 Å². The van der Waals surface area contributed by atoms with Gasteiger partial charge in [0.2, 0.25) is 0 Å². The molecular weight excluding hydrogens is 122 g/mol. The van der Waals surface area contributed by atoms with Gasteiger partial charge in [-0.05, 0) is 26.0 Å². The number of aromatic amines is 1. The maximum Gasteiger partial charge on any atom is 0.0117 e. The summed E-state index contributed by atoms with van der Waals surface area (Å²) < 4.78 is 0. The average molecular weight is 132 g/mol. The van der Waals surface area contributed by atoms with Crippen LogP contribution in [0.15, 0.2) is 12.1 Å². The van der Waals surface area contributed by atoms with Crippen LogP contribution in [0.25, 0.3) is 0 Å². The molecule has 0 aromatic carbocycles. The zero-order valence-corrected chi connectivity index (χ0v) is 5.88. The number of hydrogen-bond acceptors (Lipinski definition) is 0. The third-order valence-electron chi connectivity index (χ3n) is 0.978. The molecule has 0 saturated heterocycles. The SMILES string of the molecule is Cc1ccc(C)[nH]1.Cl. The Morgan fingerprint density at radius 3 is 1.62 bits per heavy atom. The standard InChI is InChI=1S/C6H9N.ClH/c1-5-3-4-6(2)7-5;/h3-4,7H,1-2H3;1H. The van der Waals surface area contributed by atoms with Crippen LogP contribution in [-0.4, -0.2) is 4.98 Å². The lowest BCUT2D eigenvalue weighted by molar-refractivity contribution is 1.19. The third kappa shape index (κ3) is 1.58. The number of hydrogen-bond donors (Lipinski definition) is 1. The van der Waals surface area contributed by atoms with Crippen LogP contribution in [0.3, 0.4) is 0 Å². The Kier molecular flexibility index (Phi) is 2.63. The lowest BCUT2D eigenvalue weighted by atomic mass is 10.5. The quantitative estimate of drug-likeness (QED) is 0.555. The minimum Gasteiger partial charge on any atom is -0.363 e. The van der Waals surface area contributed by atoms with E-state index in [4.69, 9.17) is 0 Å². The maximum absolute atomic E-state index is 3.14. The van der Waals surface area contributed by atoms with Crippen LogP contribution in [-0.2, 0) is 0 Å². The van der Waals surface area contributed by atoms with E-state index in [0.29, 0.717) is 0 Å². The van der Waals surface area contributed by atoms with Crippen LogP contribution >= 0.6 is 12.4 Å². The van der Waals surface area contributed by atoms with Crippen LogP contribution < -0.4 is 0 Å². The number of H-pyrrole nitrogens is 1. The molecule has 1 nitrogen and oxygen atoms in total. The smallest absolute Gasteiger partial charge is 0.0117 e. The normalized spacial score (nSPS) is 8.25. The van der Waals surface area contributed by atoms with E-state index in [1.165, 1.54) is 11.4 Å². The molecule has 0 fully saturated rings. The first-order chi connectivity index (χ1) is 3.29. The van der Waals surface area contributed by atoms with Gasteiger partial charge in [0, 0.05) is 11.4 Å². The molecule has 1 aromatic rings. The monoisotopic (exact) mass is 131 g/mol. The number of aryl methyl sites for hydroxylation is 2. The molecule has 1 N–H and O–H groups in total. The summed E-state index contributed by atoms with van der Waals surface area (Å²) in [4.78, 5) is 3.14. The van der Waals surface area contributed by atoms with Gasteiger partial charge in [0.15, 0.2) is 0 Å². The Balaban J connectivity index is 0.000000490. The Bertz CT molecular complexity index is 141. The summed E-state index contributed by atoms with van der Waals surface area (Å²) in [6.45, 7) is 4.10. The minimum absolute atomic E-state index is 0. The second-order valence-corrected chi connectivity index (χ2v) is 1.82. The molecule has 8 heavy (non-hydrogen) atoms. The van der Waals surface area contributed by atoms with Gasteiger partial charge < -0.3 is 4.98 Å². The van der Waals surface area contributed by atoms with Crippen LogP contribution in [0.4, 0.5) is 0 Å². The molecule has 1 heterocycles. The minimum atomic E-state index is 0. The van der Waals surface area contributed by atoms with E-state index < -0.39 is 0 Å². The molecule has 0 unspecified atom stereocenters. The molecule has 0 aliphatic carbocycles. The van der Waals surface area contributed by atoms with Gasteiger partial charge in [-0.3, -0.25) is 0 Å². The molecule has 0 bridgehead atoms. The van der Waals surface area contributed by atoms with E-state index in [2.05, 4.69) is 17.1 Å². The average Bonchev–Trinajstić information content (AvgIpc) is 1.87. The zero-order valence-electron chi connectivity index (χ0n) is 5.06. The fraction of sp³-hybridized carbons (Fsp3) is 0.333. The van der Waals surface area contributed by atoms with Gasteiger partial charge in [-0.2, -0.15) is 0 Å². The molecule has 1 aromatic heterocycles. The summed E-state index contributed by atoms with van der Waals surface area (Å²) in [5, 5.41) is 0. The summed E-state index contributed by atoms with van der Waals surface area (Å²) in [5.41, 5.74) is 2.47. The van der Waals surface area contributed by atoms with Crippen molar-refractivity contribution in [3.05, 3.63) is 23.5 Å². The summed E-state index contributed by atoms with van der Waals surface area (Å²) >= 11 is 0. The molecule has 46 valence electrons. The van der Waals surface area contributed by atoms with Gasteiger partial charge in [-0.15, -0.1) is 12.4 Å². The van der Waals surface area contributed by atoms with Gasteiger partial charge in [0.1, 0.15) is 0 Å². The molecule has 0 saturated carbocycles. The molecule has 0 amide bonds. The van der Waals surface area contributed by atoms with Crippen molar-refractivity contribution in [3.63, 3.8) is 0 Å². The Hall–Kier alpha value is -0.430. The fourth-order valence-electron chi connectivity index (χ4n) is 0.644. The third-order valence-corrected chi connectivity index (χ3v) is 0.978. The predicted molar refractivity (Wildman–Crippen MR) is 37.5 cm³/mol. The summed E-state index contributed by atoms with van der Waals surface area (Å²) in [7, 11) is 0. The van der Waals surface area contributed by atoms with Crippen molar-refractivity contribution in [2.75, 3.05) is 0 Å². The van der Waals surface area contributed by atoms with Gasteiger partial charge in [0.25, 0.3) is 0 Å². The Labute approximate surface area is 55.5 Å². The van der Waals surface area contributed by atoms with Crippen molar-refractivity contribution in [1.82, 2.24) is 4.98 Å². The fourth-order valence-corrected chi connectivity index (χ4v) is 0.644. The molecule has 0 aliphatic rings. The second kappa shape index (κ2) is 2.78. The van der Waals surface area contributed by atoms with Crippen molar-refractivity contribution in [2.45, 2.75) is 13.8 Å². The zero-order chi connectivity index (χ0) is 5.28. The number of halogens is 1. The van der Waals surface area contributed by atoms with E-state index in [-0.39, 0.29) is 12.4 Å². The summed E-state index contributed by atoms with van der Waals surface area (Å²) in [5.74, 6) is 0. The van der Waals surface area contributed by atoms with Crippen LogP contribution in [0.5, 0.6) is 0 Å². The molecule has 0 atom stereocenters. The van der Waals surface area contributed by atoms with E-state index in [1.54, 1.807) is 0 Å². The van der Waals surface area contributed by atoms with Crippen molar-refractivity contribution < 1.29 is 0 Å². The summed E-state index contributed by atoms with van der Waals surface area (Å²) in [6, 6.07) is 4.13. The molecule has 1 rings (SSSR count). The number of nitrogens with one attached hydrogen (secondary N) is 1. The highest BCUT2D eigenvalue weighted by Gasteiger charge is 1.82. The molecule has 0 aliphatic heterocycles. The first-order valence-corrected chi connectivity index (χ1v) is 2.41. The lowest BCUT2D eigenvalue weighted by Crippen LogP contribution is -1.67. The Morgan fingerprint density at radius 2 is 1.50 bits per heavy atom. The first-order valence-electron chi connectivity index (χ1n) is 2.41. The van der Waals surface area contributed by atoms with Crippen LogP contribution in [0.2, 0.25) is 0 Å². The topological polar surface area (TPSA) is 15.8 Å². The van der Waals surface area contributed by atoms with Crippen molar-refractivity contribution in [1.29, 1.82) is 0 Å². The van der Waals surface area contributed by atoms with E-state index in [1.807, 2.05) is 13.8 Å². The maximum atomic E-state index is 3.14. The van der Waals surface area contributed by atoms with E-state index >= 15 is 0 Å². The van der Waals surface area contributed by atoms with Gasteiger partial charge in [0.05, 0.1) is 0 Å². The predicted octanol–water partition coefficient (Wildman–Crippen LogP) is 2.05. The number of aromatic nitrogens is 1. The highest BCUT2D eigenvalue weighted by atomic mass is 35.5.